The van der Waals surface area contributed by atoms with Gasteiger partial charge in [-0.3, -0.25) is 19.5 Å². The van der Waals surface area contributed by atoms with E-state index in [-0.39, 0.29) is 30.2 Å². The summed E-state index contributed by atoms with van der Waals surface area (Å²) >= 11 is 1.24. The van der Waals surface area contributed by atoms with E-state index in [0.29, 0.717) is 32.1 Å². The van der Waals surface area contributed by atoms with E-state index in [2.05, 4.69) is 4.99 Å². The minimum atomic E-state index is -0.774. The van der Waals surface area contributed by atoms with Crippen LogP contribution < -0.4 is 24.4 Å². The minimum absolute atomic E-state index is 0.0111. The molecule has 2 aliphatic rings. The number of nitro groups is 1. The number of non-ortho nitro benzene ring substituents is 1. The number of hydrogen-bond donors (Lipinski definition) is 0. The van der Waals surface area contributed by atoms with Crippen molar-refractivity contribution in [2.75, 3.05) is 13.4 Å². The van der Waals surface area contributed by atoms with Crippen molar-refractivity contribution in [3.63, 3.8) is 0 Å². The number of aromatic nitrogens is 2. The standard InChI is InChI=1S/C30H26N4O7S/c1-5-39-29(36)26-17(3)31-30-33(27(26)19-6-11-23-24(13-19)41-15-40-23)28(35)25(42-30)14-20-12-16(2)32(18(20)4)21-7-9-22(10-8-21)34(37)38/h6-14,27H,5,15H2,1-4H3/b25-14+/t27-/m1/s1. The van der Waals surface area contributed by atoms with Crippen molar-refractivity contribution in [1.82, 2.24) is 9.13 Å². The highest BCUT2D eigenvalue weighted by molar-refractivity contribution is 7.07. The number of carbonyl (C=O) groups is 1. The molecule has 0 bridgehead atoms. The van der Waals surface area contributed by atoms with Crippen LogP contribution in [0, 0.1) is 24.0 Å². The maximum atomic E-state index is 14.0. The van der Waals surface area contributed by atoms with Crippen molar-refractivity contribution < 1.29 is 23.9 Å². The molecule has 4 heterocycles. The normalized spacial score (nSPS) is 15.9. The fourth-order valence-electron chi connectivity index (χ4n) is 5.39. The number of nitro benzene ring substituents is 1. The molecule has 0 amide bonds. The summed E-state index contributed by atoms with van der Waals surface area (Å²) in [6.07, 6.45) is 1.81. The number of ether oxygens (including phenoxy) is 3. The molecule has 2 aromatic heterocycles. The number of benzene rings is 2. The molecule has 12 heteroatoms. The molecule has 11 nitrogen and oxygen atoms in total. The molecule has 0 fully saturated rings. The second kappa shape index (κ2) is 10.5. The van der Waals surface area contributed by atoms with Crippen molar-refractivity contribution in [2.24, 2.45) is 4.99 Å². The first-order valence-corrected chi connectivity index (χ1v) is 14.0. The van der Waals surface area contributed by atoms with E-state index in [9.17, 15) is 19.7 Å². The summed E-state index contributed by atoms with van der Waals surface area (Å²) in [5.41, 5.74) is 4.49. The highest BCUT2D eigenvalue weighted by atomic mass is 32.1. The van der Waals surface area contributed by atoms with E-state index >= 15 is 0 Å². The number of rotatable bonds is 6. The van der Waals surface area contributed by atoms with Crippen LogP contribution in [-0.4, -0.2) is 33.4 Å². The van der Waals surface area contributed by atoms with Crippen LogP contribution in [0.15, 0.2) is 69.6 Å². The van der Waals surface area contributed by atoms with Gasteiger partial charge in [0.25, 0.3) is 11.2 Å². The molecule has 0 spiro atoms. The van der Waals surface area contributed by atoms with Gasteiger partial charge in [0.15, 0.2) is 16.3 Å². The molecule has 4 aromatic rings. The third kappa shape index (κ3) is 4.49. The molecular weight excluding hydrogens is 560 g/mol. The van der Waals surface area contributed by atoms with Crippen molar-refractivity contribution in [1.29, 1.82) is 0 Å². The summed E-state index contributed by atoms with van der Waals surface area (Å²) in [7, 11) is 0. The maximum absolute atomic E-state index is 14.0. The Kier molecular flexibility index (Phi) is 6.77. The van der Waals surface area contributed by atoms with Gasteiger partial charge in [-0.25, -0.2) is 9.79 Å². The lowest BCUT2D eigenvalue weighted by atomic mass is 9.95. The van der Waals surface area contributed by atoms with Crippen LogP contribution in [0.2, 0.25) is 0 Å². The van der Waals surface area contributed by atoms with Gasteiger partial charge in [-0.15, -0.1) is 0 Å². The van der Waals surface area contributed by atoms with Gasteiger partial charge in [0, 0.05) is 29.2 Å². The second-order valence-corrected chi connectivity index (χ2v) is 10.9. The molecule has 0 radical (unpaired) electrons. The molecule has 2 aliphatic heterocycles. The zero-order valence-electron chi connectivity index (χ0n) is 23.2. The molecule has 6 rings (SSSR count). The number of hydrogen-bond acceptors (Lipinski definition) is 9. The van der Waals surface area contributed by atoms with Crippen molar-refractivity contribution in [3.05, 3.63) is 112 Å². The number of fused-ring (bicyclic) bond motifs is 2. The predicted molar refractivity (Wildman–Crippen MR) is 155 cm³/mol. The van der Waals surface area contributed by atoms with Gasteiger partial charge >= 0.3 is 5.97 Å². The lowest BCUT2D eigenvalue weighted by molar-refractivity contribution is -0.384. The molecule has 0 aliphatic carbocycles. The minimum Gasteiger partial charge on any atom is -0.463 e. The van der Waals surface area contributed by atoms with Crippen LogP contribution >= 0.6 is 11.3 Å². The van der Waals surface area contributed by atoms with Gasteiger partial charge < -0.3 is 18.8 Å². The van der Waals surface area contributed by atoms with E-state index in [0.717, 1.165) is 22.6 Å². The fourth-order valence-corrected chi connectivity index (χ4v) is 6.42. The Morgan fingerprint density at radius 1 is 1.14 bits per heavy atom. The van der Waals surface area contributed by atoms with E-state index < -0.39 is 16.9 Å². The molecule has 0 N–H and O–H groups in total. The SMILES string of the molecule is CCOC(=O)C1=C(C)N=c2s/c(=C/c3cc(C)n(-c4ccc([N+](=O)[O-])cc4)c3C)c(=O)n2[C@@H]1c1ccc2c(c1)OCO2. The highest BCUT2D eigenvalue weighted by Gasteiger charge is 2.34. The molecule has 2 aromatic carbocycles. The average Bonchev–Trinajstić information content (AvgIpc) is 3.63. The quantitative estimate of drug-likeness (QED) is 0.191. The Labute approximate surface area is 243 Å². The molecule has 42 heavy (non-hydrogen) atoms. The first kappa shape index (κ1) is 27.2. The number of nitrogens with zero attached hydrogens (tertiary/aromatic N) is 4. The zero-order chi connectivity index (χ0) is 29.7. The number of carbonyl (C=O) groups excluding carboxylic acids is 1. The third-order valence-electron chi connectivity index (χ3n) is 7.30. The molecule has 214 valence electrons. The van der Waals surface area contributed by atoms with Gasteiger partial charge in [-0.1, -0.05) is 17.4 Å². The smallest absolute Gasteiger partial charge is 0.338 e. The number of allylic oxidation sites excluding steroid dienone is 1. The van der Waals surface area contributed by atoms with E-state index in [1.807, 2.05) is 36.6 Å². The Balaban J connectivity index is 1.49. The lowest BCUT2D eigenvalue weighted by Gasteiger charge is -2.24. The third-order valence-corrected chi connectivity index (χ3v) is 8.29. The van der Waals surface area contributed by atoms with Crippen molar-refractivity contribution in [3.8, 4) is 17.2 Å². The summed E-state index contributed by atoms with van der Waals surface area (Å²) < 4.78 is 20.4. The zero-order valence-corrected chi connectivity index (χ0v) is 24.1. The number of esters is 1. The van der Waals surface area contributed by atoms with Crippen LogP contribution in [0.4, 0.5) is 5.69 Å². The lowest BCUT2D eigenvalue weighted by Crippen LogP contribution is -2.39. The van der Waals surface area contributed by atoms with Crippen LogP contribution in [0.3, 0.4) is 0 Å². The molecule has 0 saturated carbocycles. The summed E-state index contributed by atoms with van der Waals surface area (Å²) in [5.74, 6) is 0.585. The van der Waals surface area contributed by atoms with Gasteiger partial charge in [0.2, 0.25) is 6.79 Å². The van der Waals surface area contributed by atoms with E-state index in [4.69, 9.17) is 14.2 Å². The Hall–Kier alpha value is -4.97. The Morgan fingerprint density at radius 3 is 2.60 bits per heavy atom. The Bertz CT molecular complexity index is 1980. The average molecular weight is 587 g/mol. The fraction of sp³-hybridized carbons (Fsp3) is 0.233. The van der Waals surface area contributed by atoms with Crippen LogP contribution in [-0.2, 0) is 9.53 Å². The predicted octanol–water partition coefficient (Wildman–Crippen LogP) is 3.84. The largest absolute Gasteiger partial charge is 0.463 e. The van der Waals surface area contributed by atoms with E-state index in [1.165, 1.54) is 28.0 Å². The highest BCUT2D eigenvalue weighted by Crippen LogP contribution is 2.38. The van der Waals surface area contributed by atoms with E-state index in [1.54, 1.807) is 38.1 Å². The van der Waals surface area contributed by atoms with Gasteiger partial charge in [-0.05, 0) is 75.2 Å². The molecular formula is C30H26N4O7S. The van der Waals surface area contributed by atoms with Crippen molar-refractivity contribution >= 4 is 29.1 Å². The van der Waals surface area contributed by atoms with Gasteiger partial charge in [0.05, 0.1) is 33.4 Å². The topological polar surface area (TPSA) is 127 Å². The number of aryl methyl sites for hydroxylation is 1. The summed E-state index contributed by atoms with van der Waals surface area (Å²) in [6, 6.07) is 12.9. The molecule has 1 atom stereocenters. The summed E-state index contributed by atoms with van der Waals surface area (Å²) in [4.78, 5) is 43.0. The van der Waals surface area contributed by atoms with Crippen LogP contribution in [0.5, 0.6) is 11.5 Å². The monoisotopic (exact) mass is 586 g/mol. The molecule has 0 saturated heterocycles. The summed E-state index contributed by atoms with van der Waals surface area (Å²) in [6.45, 7) is 7.60. The Morgan fingerprint density at radius 2 is 1.88 bits per heavy atom. The molecule has 0 unspecified atom stereocenters. The first-order valence-electron chi connectivity index (χ1n) is 13.2. The van der Waals surface area contributed by atoms with Crippen LogP contribution in [0.25, 0.3) is 11.8 Å². The number of thiazole rings is 1. The first-order chi connectivity index (χ1) is 20.2. The van der Waals surface area contributed by atoms with Crippen LogP contribution in [0.1, 0.15) is 42.4 Å². The summed E-state index contributed by atoms with van der Waals surface area (Å²) in [5, 5.41) is 11.1. The van der Waals surface area contributed by atoms with Gasteiger partial charge in [-0.2, -0.15) is 0 Å². The van der Waals surface area contributed by atoms with Crippen molar-refractivity contribution in [2.45, 2.75) is 33.7 Å². The van der Waals surface area contributed by atoms with Gasteiger partial charge in [0.1, 0.15) is 0 Å². The maximum Gasteiger partial charge on any atom is 0.338 e. The second-order valence-electron chi connectivity index (χ2n) is 9.85.